The number of hydrogen-bond donors (Lipinski definition) is 0. The third-order valence-electron chi connectivity index (χ3n) is 0.794. The van der Waals surface area contributed by atoms with E-state index >= 15 is 0 Å². The molecule has 0 spiro atoms. The van der Waals surface area contributed by atoms with Crippen LogP contribution in [0.1, 0.15) is 13.8 Å². The largest absolute Gasteiger partial charge is 0.134 e. The van der Waals surface area contributed by atoms with Crippen molar-refractivity contribution in [2.24, 2.45) is 0 Å². The molecule has 0 rings (SSSR count). The van der Waals surface area contributed by atoms with Crippen molar-refractivity contribution >= 4 is 23.5 Å². The summed E-state index contributed by atoms with van der Waals surface area (Å²) in [6.45, 7) is 4.30. The van der Waals surface area contributed by atoms with Crippen LogP contribution in [0, 0.1) is 0 Å². The summed E-state index contributed by atoms with van der Waals surface area (Å²) in [5.41, 5.74) is 0. The van der Waals surface area contributed by atoms with E-state index in [2.05, 4.69) is 36.8 Å². The van der Waals surface area contributed by atoms with E-state index in [-0.39, 0.29) is 0 Å². The van der Waals surface area contributed by atoms with Crippen molar-refractivity contribution in [1.29, 1.82) is 0 Å². The lowest BCUT2D eigenvalue weighted by atomic mass is 10.6. The van der Waals surface area contributed by atoms with Gasteiger partial charge in [0, 0.05) is 0 Å². The summed E-state index contributed by atoms with van der Waals surface area (Å²) in [4.78, 5) is 0. The summed E-state index contributed by atoms with van der Waals surface area (Å²) in [5, 5.41) is 4.24. The Labute approximate surface area is 72.2 Å². The molecule has 10 heavy (non-hydrogen) atoms. The van der Waals surface area contributed by atoms with Crippen molar-refractivity contribution in [1.82, 2.24) is 0 Å². The summed E-state index contributed by atoms with van der Waals surface area (Å²) in [7, 11) is 0. The van der Waals surface area contributed by atoms with E-state index in [4.69, 9.17) is 0 Å². The van der Waals surface area contributed by atoms with Gasteiger partial charge in [-0.2, -0.15) is 0 Å². The zero-order chi connectivity index (χ0) is 7.66. The normalized spacial score (nSPS) is 11.8. The van der Waals surface area contributed by atoms with Crippen LogP contribution in [0.25, 0.3) is 0 Å². The van der Waals surface area contributed by atoms with Gasteiger partial charge in [-0.15, -0.1) is 23.5 Å². The molecule has 0 heterocycles. The van der Waals surface area contributed by atoms with Crippen molar-refractivity contribution in [3.63, 3.8) is 0 Å². The van der Waals surface area contributed by atoms with E-state index in [9.17, 15) is 0 Å². The number of thioether (sulfide) groups is 2. The van der Waals surface area contributed by atoms with E-state index < -0.39 is 0 Å². The molecule has 2 heteroatoms. The van der Waals surface area contributed by atoms with Gasteiger partial charge in [0.05, 0.1) is 0 Å². The highest BCUT2D eigenvalue weighted by Crippen LogP contribution is 2.02. The van der Waals surface area contributed by atoms with Gasteiger partial charge in [0.1, 0.15) is 0 Å². The lowest BCUT2D eigenvalue weighted by Crippen LogP contribution is -1.57. The molecule has 0 N–H and O–H groups in total. The van der Waals surface area contributed by atoms with E-state index in [0.29, 0.717) is 0 Å². The summed E-state index contributed by atoms with van der Waals surface area (Å²) in [5.74, 6) is 2.32. The second-order valence-corrected chi connectivity index (χ2v) is 3.93. The molecule has 0 aromatic rings. The Balaban J connectivity index is 3.15. The average Bonchev–Trinajstić information content (AvgIpc) is 1.97. The molecule has 0 amide bonds. The average molecular weight is 174 g/mol. The molecule has 0 fully saturated rings. The lowest BCUT2D eigenvalue weighted by molar-refractivity contribution is 1.53. The highest BCUT2D eigenvalue weighted by Gasteiger charge is 1.70. The van der Waals surface area contributed by atoms with E-state index in [1.165, 1.54) is 0 Å². The first-order valence-electron chi connectivity index (χ1n) is 3.46. The first-order valence-corrected chi connectivity index (χ1v) is 5.56. The van der Waals surface area contributed by atoms with Gasteiger partial charge in [-0.3, -0.25) is 0 Å². The van der Waals surface area contributed by atoms with Crippen LogP contribution in [0.5, 0.6) is 0 Å². The molecule has 0 aromatic carbocycles. The highest BCUT2D eigenvalue weighted by molar-refractivity contribution is 8.02. The predicted octanol–water partition coefficient (Wildman–Crippen LogP) is 3.52. The van der Waals surface area contributed by atoms with Gasteiger partial charge in [0.2, 0.25) is 0 Å². The minimum atomic E-state index is 1.16. The zero-order valence-electron chi connectivity index (χ0n) is 6.54. The smallest absolute Gasteiger partial charge is 0.00544 e. The molecule has 0 nitrogen and oxygen atoms in total. The number of rotatable bonds is 5. The summed E-state index contributed by atoms with van der Waals surface area (Å²) in [6, 6.07) is 0. The molecule has 0 aromatic heterocycles. The topological polar surface area (TPSA) is 0 Å². The quantitative estimate of drug-likeness (QED) is 0.585. The van der Waals surface area contributed by atoms with Crippen LogP contribution in [0.4, 0.5) is 0 Å². The molecule has 0 saturated carbocycles. The van der Waals surface area contributed by atoms with Crippen LogP contribution in [-0.2, 0) is 0 Å². The summed E-state index contributed by atoms with van der Waals surface area (Å²) < 4.78 is 0. The number of hydrogen-bond acceptors (Lipinski definition) is 2. The fraction of sp³-hybridized carbons (Fsp3) is 0.500. The molecule has 58 valence electrons. The Hall–Kier alpha value is 0.180. The van der Waals surface area contributed by atoms with Gasteiger partial charge in [-0.25, -0.2) is 0 Å². The van der Waals surface area contributed by atoms with Crippen LogP contribution in [0.15, 0.2) is 23.0 Å². The lowest BCUT2D eigenvalue weighted by Gasteiger charge is -1.82. The van der Waals surface area contributed by atoms with Crippen LogP contribution < -0.4 is 0 Å². The molecule has 0 aliphatic carbocycles. The maximum atomic E-state index is 2.15. The van der Waals surface area contributed by atoms with Crippen molar-refractivity contribution in [3.8, 4) is 0 Å². The SMILES string of the molecule is CCSC=CC=CSCC. The van der Waals surface area contributed by atoms with Crippen LogP contribution in [-0.4, -0.2) is 11.5 Å². The van der Waals surface area contributed by atoms with Gasteiger partial charge in [-0.1, -0.05) is 26.0 Å². The first kappa shape index (κ1) is 10.2. The van der Waals surface area contributed by atoms with E-state index in [1.54, 1.807) is 0 Å². The Morgan fingerprint density at radius 2 is 1.30 bits per heavy atom. The standard InChI is InChI=1S/C8H14S2/c1-3-9-7-5-6-8-10-4-2/h5-8H,3-4H2,1-2H3. The van der Waals surface area contributed by atoms with E-state index in [1.807, 2.05) is 23.5 Å². The van der Waals surface area contributed by atoms with Crippen LogP contribution >= 0.6 is 23.5 Å². The van der Waals surface area contributed by atoms with Crippen LogP contribution in [0.2, 0.25) is 0 Å². The molecule has 0 aliphatic rings. The summed E-state index contributed by atoms with van der Waals surface area (Å²) >= 11 is 3.65. The molecule has 0 bridgehead atoms. The van der Waals surface area contributed by atoms with Crippen molar-refractivity contribution in [2.45, 2.75) is 13.8 Å². The van der Waals surface area contributed by atoms with Crippen molar-refractivity contribution in [3.05, 3.63) is 23.0 Å². The minimum absolute atomic E-state index is 1.16. The van der Waals surface area contributed by atoms with Gasteiger partial charge in [0.25, 0.3) is 0 Å². The molecular formula is C8H14S2. The second-order valence-electron chi connectivity index (χ2n) is 1.57. The summed E-state index contributed by atoms with van der Waals surface area (Å²) in [6.07, 6.45) is 4.16. The Bertz CT molecular complexity index is 91.8. The first-order chi connectivity index (χ1) is 4.91. The zero-order valence-corrected chi connectivity index (χ0v) is 8.17. The fourth-order valence-electron chi connectivity index (χ4n) is 0.394. The third-order valence-corrected chi connectivity index (χ3v) is 2.16. The minimum Gasteiger partial charge on any atom is -0.134 e. The Morgan fingerprint density at radius 1 is 0.900 bits per heavy atom. The van der Waals surface area contributed by atoms with Gasteiger partial charge < -0.3 is 0 Å². The fourth-order valence-corrected chi connectivity index (χ4v) is 1.18. The van der Waals surface area contributed by atoms with Crippen LogP contribution in [0.3, 0.4) is 0 Å². The van der Waals surface area contributed by atoms with Gasteiger partial charge >= 0.3 is 0 Å². The predicted molar refractivity (Wildman–Crippen MR) is 54.5 cm³/mol. The van der Waals surface area contributed by atoms with Crippen molar-refractivity contribution < 1.29 is 0 Å². The van der Waals surface area contributed by atoms with E-state index in [0.717, 1.165) is 11.5 Å². The van der Waals surface area contributed by atoms with Gasteiger partial charge in [-0.05, 0) is 22.3 Å². The maximum absolute atomic E-state index is 2.15. The Morgan fingerprint density at radius 3 is 1.60 bits per heavy atom. The molecule has 0 atom stereocenters. The molecule has 0 saturated heterocycles. The third kappa shape index (κ3) is 8.18. The molecule has 0 radical (unpaired) electrons. The molecule has 0 aliphatic heterocycles. The molecular weight excluding hydrogens is 160 g/mol. The highest BCUT2D eigenvalue weighted by atomic mass is 32.2. The Kier molecular flexibility index (Phi) is 9.35. The monoisotopic (exact) mass is 174 g/mol. The van der Waals surface area contributed by atoms with Crippen molar-refractivity contribution in [2.75, 3.05) is 11.5 Å². The second kappa shape index (κ2) is 9.18. The maximum Gasteiger partial charge on any atom is -0.00544 e. The molecule has 0 unspecified atom stereocenters. The van der Waals surface area contributed by atoms with Gasteiger partial charge in [0.15, 0.2) is 0 Å². The number of allylic oxidation sites excluding steroid dienone is 2.